The van der Waals surface area contributed by atoms with Crippen molar-refractivity contribution in [2.75, 3.05) is 44.2 Å². The molecule has 116 valence electrons. The number of aromatic nitrogens is 2. The van der Waals surface area contributed by atoms with Crippen molar-refractivity contribution in [1.82, 2.24) is 20.2 Å². The number of halogens is 1. The molecular formula is C16H20BrN5. The van der Waals surface area contributed by atoms with E-state index in [1.807, 2.05) is 18.5 Å². The van der Waals surface area contributed by atoms with Gasteiger partial charge in [-0.2, -0.15) is 0 Å². The average Bonchev–Trinajstić information content (AvgIpc) is 3.09. The van der Waals surface area contributed by atoms with Crippen LogP contribution >= 0.6 is 15.9 Å². The second-order valence-electron chi connectivity index (χ2n) is 6.02. The zero-order valence-electron chi connectivity index (χ0n) is 12.5. The van der Waals surface area contributed by atoms with E-state index >= 15 is 0 Å². The van der Waals surface area contributed by atoms with Crippen molar-refractivity contribution < 1.29 is 0 Å². The molecule has 6 heteroatoms. The van der Waals surface area contributed by atoms with E-state index in [0.717, 1.165) is 54.3 Å². The van der Waals surface area contributed by atoms with Crippen LogP contribution in [0.25, 0.3) is 11.0 Å². The van der Waals surface area contributed by atoms with Gasteiger partial charge in [0.1, 0.15) is 5.52 Å². The largest absolute Gasteiger partial charge is 0.367 e. The monoisotopic (exact) mass is 361 g/mol. The lowest BCUT2D eigenvalue weighted by molar-refractivity contribution is 0.197. The molecule has 0 radical (unpaired) electrons. The first-order chi connectivity index (χ1) is 10.8. The van der Waals surface area contributed by atoms with Gasteiger partial charge in [-0.25, -0.2) is 0 Å². The Hall–Kier alpha value is -1.24. The minimum absolute atomic E-state index is 0.727. The fraction of sp³-hybridized carbons (Fsp3) is 0.500. The summed E-state index contributed by atoms with van der Waals surface area (Å²) < 4.78 is 0.975. The first-order valence-electron chi connectivity index (χ1n) is 7.91. The molecule has 0 spiro atoms. The Kier molecular flexibility index (Phi) is 3.98. The zero-order chi connectivity index (χ0) is 14.9. The van der Waals surface area contributed by atoms with Crippen LogP contribution in [0.1, 0.15) is 6.42 Å². The number of hydrogen-bond donors (Lipinski definition) is 1. The third kappa shape index (κ3) is 2.71. The minimum Gasteiger partial charge on any atom is -0.367 e. The van der Waals surface area contributed by atoms with Gasteiger partial charge < -0.3 is 10.2 Å². The highest BCUT2D eigenvalue weighted by Crippen LogP contribution is 2.26. The summed E-state index contributed by atoms with van der Waals surface area (Å²) in [7, 11) is 0. The van der Waals surface area contributed by atoms with Gasteiger partial charge in [0.25, 0.3) is 0 Å². The number of nitrogens with zero attached hydrogens (tertiary/aromatic N) is 4. The van der Waals surface area contributed by atoms with Crippen molar-refractivity contribution in [3.05, 3.63) is 29.0 Å². The van der Waals surface area contributed by atoms with Crippen molar-refractivity contribution in [3.63, 3.8) is 0 Å². The van der Waals surface area contributed by atoms with E-state index in [-0.39, 0.29) is 0 Å². The number of piperazine rings is 1. The van der Waals surface area contributed by atoms with Gasteiger partial charge in [0, 0.05) is 55.6 Å². The van der Waals surface area contributed by atoms with Crippen molar-refractivity contribution in [2.45, 2.75) is 12.5 Å². The summed E-state index contributed by atoms with van der Waals surface area (Å²) in [6.07, 6.45) is 5.03. The van der Waals surface area contributed by atoms with Gasteiger partial charge in [0.05, 0.1) is 11.2 Å². The van der Waals surface area contributed by atoms with Gasteiger partial charge in [-0.05, 0) is 41.0 Å². The molecule has 0 aliphatic carbocycles. The normalized spacial score (nSPS) is 23.3. The van der Waals surface area contributed by atoms with E-state index in [9.17, 15) is 0 Å². The molecule has 2 aromatic heterocycles. The molecule has 1 N–H and O–H groups in total. The highest BCUT2D eigenvalue weighted by molar-refractivity contribution is 9.10. The molecule has 2 aliphatic rings. The van der Waals surface area contributed by atoms with Crippen molar-refractivity contribution in [3.8, 4) is 0 Å². The summed E-state index contributed by atoms with van der Waals surface area (Å²) in [5, 5.41) is 3.46. The van der Waals surface area contributed by atoms with Crippen molar-refractivity contribution in [2.24, 2.45) is 0 Å². The predicted molar refractivity (Wildman–Crippen MR) is 92.3 cm³/mol. The molecule has 0 aromatic carbocycles. The Morgan fingerprint density at radius 1 is 1.18 bits per heavy atom. The van der Waals surface area contributed by atoms with Crippen LogP contribution in [-0.4, -0.2) is 60.2 Å². The predicted octanol–water partition coefficient (Wildman–Crippen LogP) is 1.88. The second-order valence-corrected chi connectivity index (χ2v) is 6.94. The quantitative estimate of drug-likeness (QED) is 0.884. The summed E-state index contributed by atoms with van der Waals surface area (Å²) in [6, 6.07) is 4.85. The summed E-state index contributed by atoms with van der Waals surface area (Å²) in [5.41, 5.74) is 3.16. The van der Waals surface area contributed by atoms with Crippen LogP contribution < -0.4 is 10.2 Å². The van der Waals surface area contributed by atoms with E-state index in [2.05, 4.69) is 47.1 Å². The zero-order valence-corrected chi connectivity index (χ0v) is 14.1. The number of rotatable bonds is 2. The van der Waals surface area contributed by atoms with Gasteiger partial charge in [-0.3, -0.25) is 14.9 Å². The van der Waals surface area contributed by atoms with Crippen LogP contribution in [0, 0.1) is 0 Å². The number of anilines is 1. The molecule has 0 saturated carbocycles. The Labute approximate surface area is 138 Å². The molecular weight excluding hydrogens is 342 g/mol. The molecule has 22 heavy (non-hydrogen) atoms. The van der Waals surface area contributed by atoms with E-state index in [1.54, 1.807) is 0 Å². The topological polar surface area (TPSA) is 44.3 Å². The molecule has 2 aliphatic heterocycles. The number of hydrogen-bond acceptors (Lipinski definition) is 5. The first-order valence-corrected chi connectivity index (χ1v) is 8.70. The number of fused-ring (bicyclic) bond motifs is 1. The van der Waals surface area contributed by atoms with E-state index in [1.165, 1.54) is 18.7 Å². The third-order valence-corrected chi connectivity index (χ3v) is 5.16. The van der Waals surface area contributed by atoms with E-state index in [4.69, 9.17) is 0 Å². The van der Waals surface area contributed by atoms with Gasteiger partial charge in [0.2, 0.25) is 0 Å². The molecule has 0 bridgehead atoms. The molecule has 0 amide bonds. The highest BCUT2D eigenvalue weighted by atomic mass is 79.9. The Morgan fingerprint density at radius 3 is 2.82 bits per heavy atom. The average molecular weight is 362 g/mol. The van der Waals surface area contributed by atoms with Gasteiger partial charge in [0.15, 0.2) is 0 Å². The lowest BCUT2D eigenvalue weighted by Crippen LogP contribution is -2.51. The summed E-state index contributed by atoms with van der Waals surface area (Å²) in [6.45, 7) is 6.70. The molecule has 4 rings (SSSR count). The standard InChI is InChI=1S/C16H20BrN5/c17-12-9-14-16(20-10-12)15(2-4-19-14)22-7-5-21(6-8-22)13-1-3-18-11-13/h2,4,9-10,13,18H,1,3,5-8,11H2. The minimum atomic E-state index is 0.727. The third-order valence-electron chi connectivity index (χ3n) is 4.73. The van der Waals surface area contributed by atoms with Crippen molar-refractivity contribution >= 4 is 32.7 Å². The van der Waals surface area contributed by atoms with E-state index in [0.29, 0.717) is 0 Å². The Morgan fingerprint density at radius 2 is 2.05 bits per heavy atom. The van der Waals surface area contributed by atoms with Crippen molar-refractivity contribution in [1.29, 1.82) is 0 Å². The summed E-state index contributed by atoms with van der Waals surface area (Å²) >= 11 is 3.47. The molecule has 4 heterocycles. The smallest absolute Gasteiger partial charge is 0.112 e. The van der Waals surface area contributed by atoms with Gasteiger partial charge in [-0.15, -0.1) is 0 Å². The second kappa shape index (κ2) is 6.10. The van der Waals surface area contributed by atoms with Crippen LogP contribution in [0.3, 0.4) is 0 Å². The van der Waals surface area contributed by atoms with Crippen LogP contribution in [0.5, 0.6) is 0 Å². The van der Waals surface area contributed by atoms with Crippen LogP contribution in [-0.2, 0) is 0 Å². The van der Waals surface area contributed by atoms with Gasteiger partial charge in [-0.1, -0.05) is 0 Å². The molecule has 2 saturated heterocycles. The van der Waals surface area contributed by atoms with Crippen LogP contribution in [0.15, 0.2) is 29.0 Å². The molecule has 1 unspecified atom stereocenters. The van der Waals surface area contributed by atoms with Crippen LogP contribution in [0.2, 0.25) is 0 Å². The van der Waals surface area contributed by atoms with E-state index < -0.39 is 0 Å². The molecule has 2 aromatic rings. The summed E-state index contributed by atoms with van der Waals surface area (Å²) in [4.78, 5) is 14.1. The number of pyridine rings is 2. The maximum atomic E-state index is 4.58. The SMILES string of the molecule is Brc1cnc2c(N3CCN(C4CCNC4)CC3)ccnc2c1. The lowest BCUT2D eigenvalue weighted by Gasteiger charge is -2.39. The number of nitrogens with one attached hydrogen (secondary N) is 1. The Bertz CT molecular complexity index is 663. The molecule has 5 nitrogen and oxygen atoms in total. The fourth-order valence-electron chi connectivity index (χ4n) is 3.53. The fourth-order valence-corrected chi connectivity index (χ4v) is 3.84. The highest BCUT2D eigenvalue weighted by Gasteiger charge is 2.26. The van der Waals surface area contributed by atoms with Crippen LogP contribution in [0.4, 0.5) is 5.69 Å². The summed E-state index contributed by atoms with van der Waals surface area (Å²) in [5.74, 6) is 0. The first kappa shape index (κ1) is 14.4. The maximum Gasteiger partial charge on any atom is 0.112 e. The lowest BCUT2D eigenvalue weighted by atomic mass is 10.1. The Balaban J connectivity index is 1.53. The molecule has 2 fully saturated rings. The van der Waals surface area contributed by atoms with Gasteiger partial charge >= 0.3 is 0 Å². The molecule has 1 atom stereocenters. The maximum absolute atomic E-state index is 4.58.